The minimum absolute atomic E-state index is 0.309. The Bertz CT molecular complexity index is 969. The number of hydrogen-bond donors (Lipinski definition) is 0. The van der Waals surface area contributed by atoms with Crippen molar-refractivity contribution in [3.8, 4) is 0 Å². The van der Waals surface area contributed by atoms with Crippen LogP contribution in [-0.2, 0) is 0 Å². The number of benzene rings is 1. The maximum atomic E-state index is 13.9. The topological polar surface area (TPSA) is 59.7 Å². The Labute approximate surface area is 158 Å². The first kappa shape index (κ1) is 16.1. The molecule has 2 fully saturated rings. The molecule has 2 aromatic heterocycles. The third kappa shape index (κ3) is 2.76. The number of halogens is 2. The quantitative estimate of drug-likeness (QED) is 0.648. The Balaban J connectivity index is 1.49. The van der Waals surface area contributed by atoms with Gasteiger partial charge >= 0.3 is 0 Å². The molecule has 26 heavy (non-hydrogen) atoms. The van der Waals surface area contributed by atoms with Crippen molar-refractivity contribution in [2.45, 2.75) is 37.6 Å². The van der Waals surface area contributed by atoms with E-state index in [2.05, 4.69) is 45.6 Å². The van der Waals surface area contributed by atoms with Crippen LogP contribution in [0.3, 0.4) is 0 Å². The van der Waals surface area contributed by atoms with Crippen molar-refractivity contribution in [1.29, 1.82) is 0 Å². The molecule has 6 nitrogen and oxygen atoms in total. The average Bonchev–Trinajstić information content (AvgIpc) is 3.39. The summed E-state index contributed by atoms with van der Waals surface area (Å²) in [7, 11) is 0. The molecule has 3 heterocycles. The number of aromatic nitrogens is 5. The Morgan fingerprint density at radius 1 is 1.15 bits per heavy atom. The molecule has 134 valence electrons. The molecule has 0 unspecified atom stereocenters. The predicted molar refractivity (Wildman–Crippen MR) is 99.7 cm³/mol. The molecule has 0 radical (unpaired) electrons. The lowest BCUT2D eigenvalue weighted by Gasteiger charge is -2.33. The minimum Gasteiger partial charge on any atom is -0.355 e. The molecular formula is C18H18BrFN6. The van der Waals surface area contributed by atoms with Crippen molar-refractivity contribution < 1.29 is 4.39 Å². The van der Waals surface area contributed by atoms with Crippen LogP contribution in [0.25, 0.3) is 10.9 Å². The van der Waals surface area contributed by atoms with Crippen LogP contribution in [0.4, 0.5) is 10.2 Å². The van der Waals surface area contributed by atoms with Gasteiger partial charge in [0, 0.05) is 36.5 Å². The number of nitrogens with zero attached hydrogens (tertiary/aromatic N) is 6. The van der Waals surface area contributed by atoms with Crippen LogP contribution in [0.5, 0.6) is 0 Å². The maximum absolute atomic E-state index is 13.9. The van der Waals surface area contributed by atoms with E-state index in [1.807, 2.05) is 6.33 Å². The second-order valence-electron chi connectivity index (χ2n) is 7.09. The summed E-state index contributed by atoms with van der Waals surface area (Å²) in [6, 6.07) is 3.81. The molecule has 0 N–H and O–H groups in total. The summed E-state index contributed by atoms with van der Waals surface area (Å²) in [6.45, 7) is 1.77. The molecule has 1 aliphatic carbocycles. The van der Waals surface area contributed by atoms with Gasteiger partial charge in [-0.15, -0.1) is 10.2 Å². The molecule has 1 aromatic carbocycles. The van der Waals surface area contributed by atoms with Crippen LogP contribution < -0.4 is 4.90 Å². The van der Waals surface area contributed by atoms with E-state index in [1.54, 1.807) is 6.07 Å². The van der Waals surface area contributed by atoms with Crippen molar-refractivity contribution in [3.05, 3.63) is 40.9 Å². The van der Waals surface area contributed by atoms with E-state index in [0.717, 1.165) is 43.0 Å². The highest BCUT2D eigenvalue weighted by atomic mass is 79.9. The van der Waals surface area contributed by atoms with Gasteiger partial charge in [0.1, 0.15) is 30.1 Å². The zero-order chi connectivity index (χ0) is 17.7. The van der Waals surface area contributed by atoms with Crippen LogP contribution >= 0.6 is 15.9 Å². The van der Waals surface area contributed by atoms with Crippen molar-refractivity contribution in [2.24, 2.45) is 0 Å². The molecule has 1 atom stereocenters. The van der Waals surface area contributed by atoms with Crippen LogP contribution in [0, 0.1) is 5.82 Å². The van der Waals surface area contributed by atoms with E-state index >= 15 is 0 Å². The lowest BCUT2D eigenvalue weighted by atomic mass is 9.96. The highest BCUT2D eigenvalue weighted by Crippen LogP contribution is 2.39. The fraction of sp³-hybridized carbons (Fsp3) is 0.444. The van der Waals surface area contributed by atoms with Crippen molar-refractivity contribution in [2.75, 3.05) is 18.0 Å². The number of rotatable bonds is 3. The molecule has 5 rings (SSSR count). The average molecular weight is 417 g/mol. The Hall–Kier alpha value is -2.09. The lowest BCUT2D eigenvalue weighted by Crippen LogP contribution is -2.36. The molecule has 3 aromatic rings. The van der Waals surface area contributed by atoms with Crippen LogP contribution in [0.15, 0.2) is 29.3 Å². The standard InChI is InChI=1S/C18H18BrFN6/c19-14-6-13-16(7-15(14)20)21-9-22-18(13)25-5-1-2-11(8-25)17-24-23-10-26(17)12-3-4-12/h6-7,9-12H,1-5,8H2/t11-/m0/s1. The highest BCUT2D eigenvalue weighted by Gasteiger charge is 2.32. The SMILES string of the molecule is Fc1cc2ncnc(N3CCC[C@H](c4nncn4C4CC4)C3)c2cc1Br. The number of piperidine rings is 1. The first-order valence-corrected chi connectivity index (χ1v) is 9.74. The van der Waals surface area contributed by atoms with Gasteiger partial charge in [0.05, 0.1) is 9.99 Å². The van der Waals surface area contributed by atoms with Gasteiger partial charge < -0.3 is 9.47 Å². The van der Waals surface area contributed by atoms with E-state index in [1.165, 1.54) is 25.2 Å². The number of anilines is 1. The highest BCUT2D eigenvalue weighted by molar-refractivity contribution is 9.10. The number of hydrogen-bond acceptors (Lipinski definition) is 5. The largest absolute Gasteiger partial charge is 0.355 e. The zero-order valence-corrected chi connectivity index (χ0v) is 15.7. The fourth-order valence-electron chi connectivity index (χ4n) is 3.85. The van der Waals surface area contributed by atoms with Gasteiger partial charge in [-0.3, -0.25) is 0 Å². The summed E-state index contributed by atoms with van der Waals surface area (Å²) < 4.78 is 16.5. The van der Waals surface area contributed by atoms with Gasteiger partial charge in [-0.25, -0.2) is 14.4 Å². The van der Waals surface area contributed by atoms with Crippen molar-refractivity contribution >= 4 is 32.7 Å². The molecule has 1 saturated carbocycles. The van der Waals surface area contributed by atoms with Gasteiger partial charge in [0.15, 0.2) is 0 Å². The second-order valence-corrected chi connectivity index (χ2v) is 7.95. The van der Waals surface area contributed by atoms with E-state index in [9.17, 15) is 4.39 Å². The van der Waals surface area contributed by atoms with Gasteiger partial charge in [-0.1, -0.05) is 0 Å². The molecule has 0 spiro atoms. The van der Waals surface area contributed by atoms with Crippen LogP contribution in [0.2, 0.25) is 0 Å². The number of fused-ring (bicyclic) bond motifs is 1. The summed E-state index contributed by atoms with van der Waals surface area (Å²) in [5.74, 6) is 1.97. The van der Waals surface area contributed by atoms with Crippen LogP contribution in [0.1, 0.15) is 43.5 Å². The van der Waals surface area contributed by atoms with Crippen molar-refractivity contribution in [3.63, 3.8) is 0 Å². The third-order valence-corrected chi connectivity index (χ3v) is 5.89. The molecule has 0 bridgehead atoms. The smallest absolute Gasteiger partial charge is 0.139 e. The molecule has 2 aliphatic rings. The predicted octanol–water partition coefficient (Wildman–Crippen LogP) is 3.84. The Morgan fingerprint density at radius 3 is 2.88 bits per heavy atom. The second kappa shape index (κ2) is 6.26. The third-order valence-electron chi connectivity index (χ3n) is 5.28. The molecule has 8 heteroatoms. The summed E-state index contributed by atoms with van der Waals surface area (Å²) in [5.41, 5.74) is 0.624. The van der Waals surface area contributed by atoms with E-state index in [-0.39, 0.29) is 5.82 Å². The summed E-state index contributed by atoms with van der Waals surface area (Å²) in [4.78, 5) is 11.0. The maximum Gasteiger partial charge on any atom is 0.139 e. The van der Waals surface area contributed by atoms with Gasteiger partial charge in [0.2, 0.25) is 0 Å². The normalized spacial score (nSPS) is 20.7. The molecule has 0 amide bonds. The molecule has 1 aliphatic heterocycles. The van der Waals surface area contributed by atoms with E-state index in [0.29, 0.717) is 21.9 Å². The Morgan fingerprint density at radius 2 is 2.04 bits per heavy atom. The van der Waals surface area contributed by atoms with Gasteiger partial charge in [0.25, 0.3) is 0 Å². The van der Waals surface area contributed by atoms with Crippen LogP contribution in [-0.4, -0.2) is 37.8 Å². The first-order chi connectivity index (χ1) is 12.7. The van der Waals surface area contributed by atoms with Crippen molar-refractivity contribution in [1.82, 2.24) is 24.7 Å². The Kier molecular flexibility index (Phi) is 3.88. The van der Waals surface area contributed by atoms with E-state index < -0.39 is 0 Å². The molecule has 1 saturated heterocycles. The van der Waals surface area contributed by atoms with E-state index in [4.69, 9.17) is 0 Å². The summed E-state index contributed by atoms with van der Waals surface area (Å²) in [5, 5.41) is 9.43. The monoisotopic (exact) mass is 416 g/mol. The summed E-state index contributed by atoms with van der Waals surface area (Å²) in [6.07, 6.45) is 7.99. The first-order valence-electron chi connectivity index (χ1n) is 8.95. The minimum atomic E-state index is -0.309. The fourth-order valence-corrected chi connectivity index (χ4v) is 4.19. The van der Waals surface area contributed by atoms with Gasteiger partial charge in [-0.05, 0) is 47.7 Å². The summed E-state index contributed by atoms with van der Waals surface area (Å²) >= 11 is 3.28. The van der Waals surface area contributed by atoms with Gasteiger partial charge in [-0.2, -0.15) is 0 Å². The molecular weight excluding hydrogens is 399 g/mol. The lowest BCUT2D eigenvalue weighted by molar-refractivity contribution is 0.469. The zero-order valence-electron chi connectivity index (χ0n) is 14.1.